The van der Waals surface area contributed by atoms with E-state index in [1.165, 1.54) is 13.1 Å². The number of allylic oxidation sites excluding steroid dienone is 1. The van der Waals surface area contributed by atoms with E-state index < -0.39 is 0 Å². The quantitative estimate of drug-likeness (QED) is 0.385. The Hall–Kier alpha value is -0.0500. The summed E-state index contributed by atoms with van der Waals surface area (Å²) in [5, 5.41) is 0. The minimum Gasteiger partial charge on any atom is -0.330 e. The minimum absolute atomic E-state index is 0.556. The van der Waals surface area contributed by atoms with Crippen LogP contribution in [0.2, 0.25) is 0 Å². The lowest BCUT2D eigenvalue weighted by Crippen LogP contribution is -2.40. The molecule has 0 unspecified atom stereocenters. The first-order chi connectivity index (χ1) is 5.83. The van der Waals surface area contributed by atoms with E-state index in [-0.39, 0.29) is 0 Å². The van der Waals surface area contributed by atoms with Crippen molar-refractivity contribution in [2.24, 2.45) is 0 Å². The average molecular weight is 208 g/mol. The Morgan fingerprint density at radius 3 is 1.77 bits per heavy atom. The third-order valence-corrected chi connectivity index (χ3v) is 1.55. The van der Waals surface area contributed by atoms with Gasteiger partial charge in [0.05, 0.1) is 27.7 Å². The van der Waals surface area contributed by atoms with Crippen LogP contribution in [0.1, 0.15) is 0 Å². The van der Waals surface area contributed by atoms with Crippen LogP contribution in [0, 0.1) is 0 Å². The Morgan fingerprint density at radius 2 is 1.69 bits per heavy atom. The second kappa shape index (κ2) is 8.54. The van der Waals surface area contributed by atoms with Crippen molar-refractivity contribution in [3.63, 3.8) is 0 Å². The lowest BCUT2D eigenvalue weighted by molar-refractivity contribution is -0.869. The van der Waals surface area contributed by atoms with E-state index in [0.29, 0.717) is 5.88 Å². The van der Waals surface area contributed by atoms with Crippen LogP contribution < -0.4 is 0 Å². The average Bonchev–Trinajstić information content (AvgIpc) is 2.00. The Balaban J connectivity index is 0. The van der Waals surface area contributed by atoms with Crippen molar-refractivity contribution < 1.29 is 4.48 Å². The summed E-state index contributed by atoms with van der Waals surface area (Å²) >= 11 is 5.07. The van der Waals surface area contributed by atoms with Gasteiger partial charge in [0.1, 0.15) is 0 Å². The monoisotopic (exact) mass is 207 g/mol. The van der Waals surface area contributed by atoms with Gasteiger partial charge in [0.25, 0.3) is 0 Å². The molecule has 2 nitrogen and oxygen atoms in total. The maximum absolute atomic E-state index is 5.07. The van der Waals surface area contributed by atoms with Gasteiger partial charge >= 0.3 is 0 Å². The fourth-order valence-corrected chi connectivity index (χ4v) is 0.500. The first-order valence-electron chi connectivity index (χ1n) is 4.45. The van der Waals surface area contributed by atoms with Crippen LogP contribution in [0.4, 0.5) is 0 Å². The molecule has 0 saturated carbocycles. The Labute approximate surface area is 88.4 Å². The van der Waals surface area contributed by atoms with Gasteiger partial charge in [-0.1, -0.05) is 6.08 Å². The highest BCUT2D eigenvalue weighted by atomic mass is 35.5. The molecule has 0 aromatic heterocycles. The molecule has 0 aliphatic rings. The van der Waals surface area contributed by atoms with Gasteiger partial charge < -0.3 is 9.38 Å². The molecule has 0 amide bonds. The SMILES string of the molecule is C=CCCl.CN(C)CC[N+](C)(C)C. The van der Waals surface area contributed by atoms with Gasteiger partial charge in [-0.3, -0.25) is 0 Å². The second-order valence-electron chi connectivity index (χ2n) is 4.26. The van der Waals surface area contributed by atoms with Gasteiger partial charge in [-0.2, -0.15) is 0 Å². The van der Waals surface area contributed by atoms with E-state index in [2.05, 4.69) is 46.7 Å². The van der Waals surface area contributed by atoms with Crippen LogP contribution >= 0.6 is 11.6 Å². The van der Waals surface area contributed by atoms with E-state index in [4.69, 9.17) is 11.6 Å². The van der Waals surface area contributed by atoms with E-state index in [0.717, 1.165) is 4.48 Å². The summed E-state index contributed by atoms with van der Waals surface area (Å²) in [5.74, 6) is 0.556. The molecule has 80 valence electrons. The van der Waals surface area contributed by atoms with Gasteiger partial charge in [-0.05, 0) is 14.1 Å². The molecule has 0 saturated heterocycles. The zero-order chi connectivity index (χ0) is 10.9. The van der Waals surface area contributed by atoms with E-state index in [1.807, 2.05) is 0 Å². The van der Waals surface area contributed by atoms with Crippen molar-refractivity contribution >= 4 is 11.6 Å². The number of halogens is 1. The molecule has 0 bridgehead atoms. The van der Waals surface area contributed by atoms with Crippen LogP contribution in [0.5, 0.6) is 0 Å². The van der Waals surface area contributed by atoms with Crippen molar-refractivity contribution in [2.75, 3.05) is 54.2 Å². The Bertz CT molecular complexity index is 117. The molecular weight excluding hydrogens is 184 g/mol. The smallest absolute Gasteiger partial charge is 0.0909 e. The maximum Gasteiger partial charge on any atom is 0.0909 e. The summed E-state index contributed by atoms with van der Waals surface area (Å²) in [6, 6.07) is 0. The van der Waals surface area contributed by atoms with Crippen LogP contribution in [-0.2, 0) is 0 Å². The molecule has 0 heterocycles. The van der Waals surface area contributed by atoms with Crippen molar-refractivity contribution in [3.8, 4) is 0 Å². The molecular formula is C10H24ClN2+. The van der Waals surface area contributed by atoms with Crippen molar-refractivity contribution in [1.29, 1.82) is 0 Å². The molecule has 3 heteroatoms. The van der Waals surface area contributed by atoms with E-state index >= 15 is 0 Å². The minimum atomic E-state index is 0.556. The lowest BCUT2D eigenvalue weighted by Gasteiger charge is -2.25. The summed E-state index contributed by atoms with van der Waals surface area (Å²) in [7, 11) is 10.8. The molecule has 0 rings (SSSR count). The predicted octanol–water partition coefficient (Wildman–Crippen LogP) is 1.67. The van der Waals surface area contributed by atoms with Gasteiger partial charge in [-0.25, -0.2) is 0 Å². The fraction of sp³-hybridized carbons (Fsp3) is 0.800. The lowest BCUT2D eigenvalue weighted by atomic mass is 10.5. The second-order valence-corrected chi connectivity index (χ2v) is 4.57. The number of quaternary nitrogens is 1. The fourth-order valence-electron chi connectivity index (χ4n) is 0.500. The van der Waals surface area contributed by atoms with Crippen LogP contribution in [0.3, 0.4) is 0 Å². The van der Waals surface area contributed by atoms with Gasteiger partial charge in [0, 0.05) is 12.4 Å². The summed E-state index contributed by atoms with van der Waals surface area (Å²) < 4.78 is 1.05. The van der Waals surface area contributed by atoms with Crippen molar-refractivity contribution in [3.05, 3.63) is 12.7 Å². The number of rotatable bonds is 4. The Kier molecular flexibility index (Phi) is 10.1. The third kappa shape index (κ3) is 24.5. The number of alkyl halides is 1. The summed E-state index contributed by atoms with van der Waals surface area (Å²) in [6.45, 7) is 5.73. The van der Waals surface area contributed by atoms with Gasteiger partial charge in [-0.15, -0.1) is 18.2 Å². The first-order valence-corrected chi connectivity index (χ1v) is 4.99. The molecule has 0 aliphatic heterocycles. The highest BCUT2D eigenvalue weighted by molar-refractivity contribution is 6.18. The molecule has 0 aromatic rings. The molecule has 0 N–H and O–H groups in total. The normalized spacial score (nSPS) is 10.7. The van der Waals surface area contributed by atoms with Crippen molar-refractivity contribution in [1.82, 2.24) is 4.90 Å². The molecule has 0 aliphatic carbocycles. The van der Waals surface area contributed by atoms with Gasteiger partial charge in [0.2, 0.25) is 0 Å². The molecule has 0 fully saturated rings. The topological polar surface area (TPSA) is 3.24 Å². The molecule has 0 atom stereocenters. The number of nitrogens with zero attached hydrogens (tertiary/aromatic N) is 2. The number of hydrogen-bond acceptors (Lipinski definition) is 1. The highest BCUT2D eigenvalue weighted by Crippen LogP contribution is 1.88. The summed E-state index contributed by atoms with van der Waals surface area (Å²) in [6.07, 6.45) is 1.64. The van der Waals surface area contributed by atoms with E-state index in [1.54, 1.807) is 6.08 Å². The maximum atomic E-state index is 5.07. The number of likely N-dealkylation sites (N-methyl/N-ethyl adjacent to an activating group) is 2. The van der Waals surface area contributed by atoms with Crippen LogP contribution in [0.25, 0.3) is 0 Å². The molecule has 13 heavy (non-hydrogen) atoms. The third-order valence-electron chi connectivity index (χ3n) is 1.33. The standard InChI is InChI=1S/C7H19N2.C3H5Cl/c1-8(2)6-7-9(3,4)5;1-2-3-4/h6-7H2,1-5H3;2H,1,3H2/q+1;. The highest BCUT2D eigenvalue weighted by Gasteiger charge is 2.05. The summed E-state index contributed by atoms with van der Waals surface area (Å²) in [5.41, 5.74) is 0. The predicted molar refractivity (Wildman–Crippen MR) is 62.4 cm³/mol. The van der Waals surface area contributed by atoms with Crippen molar-refractivity contribution in [2.45, 2.75) is 0 Å². The summed E-state index contributed by atoms with van der Waals surface area (Å²) in [4.78, 5) is 2.21. The Morgan fingerprint density at radius 1 is 1.31 bits per heavy atom. The van der Waals surface area contributed by atoms with Crippen LogP contribution in [0.15, 0.2) is 12.7 Å². The van der Waals surface area contributed by atoms with E-state index in [9.17, 15) is 0 Å². The zero-order valence-electron chi connectivity index (χ0n) is 9.68. The molecule has 0 radical (unpaired) electrons. The number of hydrogen-bond donors (Lipinski definition) is 0. The van der Waals surface area contributed by atoms with Crippen LogP contribution in [-0.4, -0.2) is 63.6 Å². The zero-order valence-corrected chi connectivity index (χ0v) is 10.4. The molecule has 0 spiro atoms. The molecule has 0 aromatic carbocycles. The van der Waals surface area contributed by atoms with Gasteiger partial charge in [0.15, 0.2) is 0 Å². The largest absolute Gasteiger partial charge is 0.330 e. The first kappa shape index (κ1) is 15.4.